The van der Waals surface area contributed by atoms with E-state index < -0.39 is 0 Å². The molecule has 0 amide bonds. The summed E-state index contributed by atoms with van der Waals surface area (Å²) in [6.45, 7) is 5.17. The van der Waals surface area contributed by atoms with Gasteiger partial charge in [-0.25, -0.2) is 0 Å². The Morgan fingerprint density at radius 2 is 1.72 bits per heavy atom. The van der Waals surface area contributed by atoms with Crippen molar-refractivity contribution in [2.45, 2.75) is 27.0 Å². The molecule has 0 fully saturated rings. The molecule has 94 valence electrons. The molecule has 0 spiro atoms. The molecule has 2 aromatic carbocycles. The van der Waals surface area contributed by atoms with Crippen molar-refractivity contribution in [3.05, 3.63) is 64.7 Å². The van der Waals surface area contributed by atoms with Gasteiger partial charge in [-0.3, -0.25) is 0 Å². The summed E-state index contributed by atoms with van der Waals surface area (Å²) in [6.07, 6.45) is 0. The molecule has 0 saturated carbocycles. The van der Waals surface area contributed by atoms with Gasteiger partial charge in [-0.15, -0.1) is 0 Å². The largest absolute Gasteiger partial charge is 0.392 e. The molecule has 0 aromatic heterocycles. The lowest BCUT2D eigenvalue weighted by atomic mass is 10.1. The molecule has 0 aliphatic carbocycles. The Kier molecular flexibility index (Phi) is 4.00. The Morgan fingerprint density at radius 3 is 2.33 bits per heavy atom. The minimum absolute atomic E-state index is 0.0946. The van der Waals surface area contributed by atoms with E-state index in [1.165, 1.54) is 16.7 Å². The van der Waals surface area contributed by atoms with E-state index in [2.05, 4.69) is 37.4 Å². The van der Waals surface area contributed by atoms with Crippen molar-refractivity contribution in [1.82, 2.24) is 0 Å². The third-order valence-corrected chi connectivity index (χ3v) is 3.12. The molecule has 0 radical (unpaired) electrons. The SMILES string of the molecule is Cc1ccc(CNc2ccc(CO)cc2)c(C)c1. The van der Waals surface area contributed by atoms with Crippen LogP contribution in [0.15, 0.2) is 42.5 Å². The second-order valence-electron chi connectivity index (χ2n) is 4.64. The highest BCUT2D eigenvalue weighted by atomic mass is 16.3. The Morgan fingerprint density at radius 1 is 1.00 bits per heavy atom. The van der Waals surface area contributed by atoms with Gasteiger partial charge >= 0.3 is 0 Å². The Labute approximate surface area is 108 Å². The minimum Gasteiger partial charge on any atom is -0.392 e. The van der Waals surface area contributed by atoms with Gasteiger partial charge in [0.2, 0.25) is 0 Å². The summed E-state index contributed by atoms with van der Waals surface area (Å²) in [6, 6.07) is 14.4. The van der Waals surface area contributed by atoms with Crippen LogP contribution in [-0.2, 0) is 13.2 Å². The molecule has 0 bridgehead atoms. The standard InChI is InChI=1S/C16H19NO/c1-12-3-6-15(13(2)9-12)10-17-16-7-4-14(11-18)5-8-16/h3-9,17-18H,10-11H2,1-2H3. The number of aliphatic hydroxyl groups is 1. The molecule has 0 atom stereocenters. The highest BCUT2D eigenvalue weighted by Crippen LogP contribution is 2.14. The lowest BCUT2D eigenvalue weighted by molar-refractivity contribution is 0.282. The molecule has 0 aliphatic heterocycles. The van der Waals surface area contributed by atoms with E-state index >= 15 is 0 Å². The fourth-order valence-corrected chi connectivity index (χ4v) is 1.97. The van der Waals surface area contributed by atoms with E-state index in [1.54, 1.807) is 0 Å². The first-order valence-corrected chi connectivity index (χ1v) is 6.19. The molecule has 2 aromatic rings. The second kappa shape index (κ2) is 5.69. The predicted molar refractivity (Wildman–Crippen MR) is 75.6 cm³/mol. The van der Waals surface area contributed by atoms with Crippen LogP contribution in [0.3, 0.4) is 0 Å². The highest BCUT2D eigenvalue weighted by molar-refractivity contribution is 5.45. The topological polar surface area (TPSA) is 32.3 Å². The van der Waals surface area contributed by atoms with Crippen LogP contribution in [0.25, 0.3) is 0 Å². The maximum Gasteiger partial charge on any atom is 0.0681 e. The maximum atomic E-state index is 8.98. The Bertz CT molecular complexity index is 517. The van der Waals surface area contributed by atoms with Crippen molar-refractivity contribution >= 4 is 5.69 Å². The minimum atomic E-state index is 0.0946. The molecule has 0 unspecified atom stereocenters. The van der Waals surface area contributed by atoms with Gasteiger partial charge in [0, 0.05) is 12.2 Å². The lowest BCUT2D eigenvalue weighted by Crippen LogP contribution is -2.01. The van der Waals surface area contributed by atoms with E-state index in [9.17, 15) is 0 Å². The quantitative estimate of drug-likeness (QED) is 0.859. The summed E-state index contributed by atoms with van der Waals surface area (Å²) < 4.78 is 0. The van der Waals surface area contributed by atoms with E-state index in [0.29, 0.717) is 0 Å². The van der Waals surface area contributed by atoms with Crippen molar-refractivity contribution in [1.29, 1.82) is 0 Å². The van der Waals surface area contributed by atoms with Crippen LogP contribution in [-0.4, -0.2) is 5.11 Å². The summed E-state index contributed by atoms with van der Waals surface area (Å²) in [5.74, 6) is 0. The van der Waals surface area contributed by atoms with E-state index in [0.717, 1.165) is 17.8 Å². The molecule has 2 nitrogen and oxygen atoms in total. The van der Waals surface area contributed by atoms with Crippen molar-refractivity contribution in [2.24, 2.45) is 0 Å². The highest BCUT2D eigenvalue weighted by Gasteiger charge is 1.99. The molecule has 2 heteroatoms. The number of anilines is 1. The van der Waals surface area contributed by atoms with Gasteiger partial charge in [0.05, 0.1) is 6.61 Å². The summed E-state index contributed by atoms with van der Waals surface area (Å²) in [5, 5.41) is 12.4. The molecule has 2 rings (SSSR count). The van der Waals surface area contributed by atoms with Crippen molar-refractivity contribution in [3.8, 4) is 0 Å². The zero-order valence-electron chi connectivity index (χ0n) is 10.9. The molecular formula is C16H19NO. The van der Waals surface area contributed by atoms with Gasteiger partial charge < -0.3 is 10.4 Å². The predicted octanol–water partition coefficient (Wildman–Crippen LogP) is 3.41. The Balaban J connectivity index is 2.02. The number of hydrogen-bond donors (Lipinski definition) is 2. The number of nitrogens with one attached hydrogen (secondary N) is 1. The Hall–Kier alpha value is -1.80. The van der Waals surface area contributed by atoms with E-state index in [-0.39, 0.29) is 6.61 Å². The second-order valence-corrected chi connectivity index (χ2v) is 4.64. The number of benzene rings is 2. The van der Waals surface area contributed by atoms with Crippen LogP contribution < -0.4 is 5.32 Å². The van der Waals surface area contributed by atoms with Crippen molar-refractivity contribution in [3.63, 3.8) is 0 Å². The lowest BCUT2D eigenvalue weighted by Gasteiger charge is -2.10. The zero-order chi connectivity index (χ0) is 13.0. The van der Waals surface area contributed by atoms with Crippen LogP contribution in [0.1, 0.15) is 22.3 Å². The fraction of sp³-hybridized carbons (Fsp3) is 0.250. The average Bonchev–Trinajstić information content (AvgIpc) is 2.38. The molecule has 0 heterocycles. The summed E-state index contributed by atoms with van der Waals surface area (Å²) in [5.41, 5.74) is 5.93. The molecular weight excluding hydrogens is 222 g/mol. The van der Waals surface area contributed by atoms with Crippen LogP contribution in [0, 0.1) is 13.8 Å². The number of hydrogen-bond acceptors (Lipinski definition) is 2. The third-order valence-electron chi connectivity index (χ3n) is 3.12. The molecule has 0 aliphatic rings. The van der Waals surface area contributed by atoms with Crippen LogP contribution in [0.4, 0.5) is 5.69 Å². The first-order valence-electron chi connectivity index (χ1n) is 6.19. The van der Waals surface area contributed by atoms with Crippen LogP contribution >= 0.6 is 0 Å². The van der Waals surface area contributed by atoms with Gasteiger partial charge in [-0.2, -0.15) is 0 Å². The number of aryl methyl sites for hydroxylation is 2. The fourth-order valence-electron chi connectivity index (χ4n) is 1.97. The van der Waals surface area contributed by atoms with Crippen molar-refractivity contribution in [2.75, 3.05) is 5.32 Å². The summed E-state index contributed by atoms with van der Waals surface area (Å²) >= 11 is 0. The van der Waals surface area contributed by atoms with Crippen molar-refractivity contribution < 1.29 is 5.11 Å². The first-order chi connectivity index (χ1) is 8.69. The summed E-state index contributed by atoms with van der Waals surface area (Å²) in [7, 11) is 0. The summed E-state index contributed by atoms with van der Waals surface area (Å²) in [4.78, 5) is 0. The van der Waals surface area contributed by atoms with Gasteiger partial charge in [0.1, 0.15) is 0 Å². The van der Waals surface area contributed by atoms with Gasteiger partial charge in [-0.1, -0.05) is 35.9 Å². The van der Waals surface area contributed by atoms with E-state index in [1.807, 2.05) is 24.3 Å². The maximum absolute atomic E-state index is 8.98. The molecule has 2 N–H and O–H groups in total. The van der Waals surface area contributed by atoms with Gasteiger partial charge in [-0.05, 0) is 42.7 Å². The number of rotatable bonds is 4. The number of aliphatic hydroxyl groups excluding tert-OH is 1. The van der Waals surface area contributed by atoms with Gasteiger partial charge in [0.15, 0.2) is 0 Å². The average molecular weight is 241 g/mol. The van der Waals surface area contributed by atoms with Gasteiger partial charge in [0.25, 0.3) is 0 Å². The molecule has 0 saturated heterocycles. The monoisotopic (exact) mass is 241 g/mol. The first kappa shape index (κ1) is 12.7. The van der Waals surface area contributed by atoms with E-state index in [4.69, 9.17) is 5.11 Å². The van der Waals surface area contributed by atoms with Crippen LogP contribution in [0.5, 0.6) is 0 Å². The normalized spacial score (nSPS) is 10.4. The zero-order valence-corrected chi connectivity index (χ0v) is 10.9. The molecule has 18 heavy (non-hydrogen) atoms. The van der Waals surface area contributed by atoms with Crippen LogP contribution in [0.2, 0.25) is 0 Å². The third kappa shape index (κ3) is 3.11. The smallest absolute Gasteiger partial charge is 0.0681 e.